The van der Waals surface area contributed by atoms with E-state index in [1.807, 2.05) is 30.3 Å². The number of amides is 1. The van der Waals surface area contributed by atoms with E-state index in [0.29, 0.717) is 5.92 Å². The normalized spacial score (nSPS) is 29.3. The summed E-state index contributed by atoms with van der Waals surface area (Å²) in [4.78, 5) is 23.2. The van der Waals surface area contributed by atoms with E-state index in [4.69, 9.17) is 9.84 Å². The van der Waals surface area contributed by atoms with Crippen molar-refractivity contribution in [2.45, 2.75) is 44.2 Å². The number of aliphatic carboxylic acids is 1. The summed E-state index contributed by atoms with van der Waals surface area (Å²) in [5.74, 6) is -0.0182. The van der Waals surface area contributed by atoms with Crippen molar-refractivity contribution in [2.75, 3.05) is 0 Å². The minimum atomic E-state index is -0.867. The third-order valence-corrected chi connectivity index (χ3v) is 5.03. The molecule has 1 aromatic carbocycles. The topological polar surface area (TPSA) is 75.6 Å². The van der Waals surface area contributed by atoms with E-state index < -0.39 is 17.6 Å². The maximum Gasteiger partial charge on any atom is 0.407 e. The van der Waals surface area contributed by atoms with Crippen LogP contribution in [0, 0.1) is 11.8 Å². The molecule has 0 heterocycles. The maximum absolute atomic E-state index is 12.1. The quantitative estimate of drug-likeness (QED) is 0.877. The van der Waals surface area contributed by atoms with Crippen LogP contribution in [0.5, 0.6) is 0 Å². The average Bonchev–Trinajstić information content (AvgIpc) is 2.88. The molecule has 2 fully saturated rings. The molecule has 0 radical (unpaired) electrons. The van der Waals surface area contributed by atoms with Gasteiger partial charge >= 0.3 is 12.1 Å². The number of benzene rings is 1. The Morgan fingerprint density at radius 2 is 2.05 bits per heavy atom. The molecule has 5 heteroatoms. The Morgan fingerprint density at radius 1 is 1.27 bits per heavy atom. The Labute approximate surface area is 129 Å². The second-order valence-corrected chi connectivity index (χ2v) is 6.41. The van der Waals surface area contributed by atoms with Crippen LogP contribution in [0.3, 0.4) is 0 Å². The molecule has 22 heavy (non-hydrogen) atoms. The summed E-state index contributed by atoms with van der Waals surface area (Å²) < 4.78 is 5.25. The molecule has 2 saturated carbocycles. The first-order chi connectivity index (χ1) is 10.6. The molecule has 2 aliphatic rings. The molecule has 0 saturated heterocycles. The highest BCUT2D eigenvalue weighted by molar-refractivity contribution is 5.73. The van der Waals surface area contributed by atoms with Crippen LogP contribution >= 0.6 is 0 Å². The molecule has 1 amide bonds. The van der Waals surface area contributed by atoms with Crippen molar-refractivity contribution >= 4 is 12.1 Å². The van der Waals surface area contributed by atoms with Gasteiger partial charge < -0.3 is 15.2 Å². The van der Waals surface area contributed by atoms with E-state index in [1.165, 1.54) is 0 Å². The number of carboxylic acids is 1. The highest BCUT2D eigenvalue weighted by Crippen LogP contribution is 2.55. The van der Waals surface area contributed by atoms with Crippen molar-refractivity contribution in [1.82, 2.24) is 5.32 Å². The predicted molar refractivity (Wildman–Crippen MR) is 80.2 cm³/mol. The van der Waals surface area contributed by atoms with Crippen LogP contribution in [0.15, 0.2) is 30.3 Å². The lowest BCUT2D eigenvalue weighted by Crippen LogP contribution is -2.63. The number of nitrogens with one attached hydrogen (secondary N) is 1. The summed E-state index contributed by atoms with van der Waals surface area (Å²) in [5, 5.41) is 12.0. The number of carboxylic acid groups (broad SMARTS) is 1. The summed E-state index contributed by atoms with van der Waals surface area (Å²) in [5.41, 5.74) is 0.304. The Kier molecular flexibility index (Phi) is 4.05. The lowest BCUT2D eigenvalue weighted by Gasteiger charge is -2.52. The van der Waals surface area contributed by atoms with Crippen molar-refractivity contribution in [3.05, 3.63) is 35.9 Å². The Balaban J connectivity index is 1.59. The van der Waals surface area contributed by atoms with Crippen LogP contribution in [0.2, 0.25) is 0 Å². The van der Waals surface area contributed by atoms with E-state index >= 15 is 0 Å². The van der Waals surface area contributed by atoms with Crippen LogP contribution in [0.25, 0.3) is 0 Å². The van der Waals surface area contributed by atoms with Gasteiger partial charge in [-0.1, -0.05) is 36.8 Å². The van der Waals surface area contributed by atoms with E-state index in [2.05, 4.69) is 5.32 Å². The van der Waals surface area contributed by atoms with E-state index in [9.17, 15) is 9.59 Å². The van der Waals surface area contributed by atoms with Gasteiger partial charge in [-0.15, -0.1) is 0 Å². The minimum Gasteiger partial charge on any atom is -0.481 e. The lowest BCUT2D eigenvalue weighted by molar-refractivity contribution is -0.141. The Bertz CT molecular complexity index is 559. The van der Waals surface area contributed by atoms with E-state index in [1.54, 1.807) is 0 Å². The van der Waals surface area contributed by atoms with Gasteiger partial charge in [-0.3, -0.25) is 4.79 Å². The molecule has 0 aliphatic heterocycles. The van der Waals surface area contributed by atoms with Crippen molar-refractivity contribution < 1.29 is 19.4 Å². The SMILES string of the molecule is O=C(O)CC1(NC(=O)OCc2ccccc2)C[C@@H]2CCC[C@@H]21. The first kappa shape index (κ1) is 14.9. The summed E-state index contributed by atoms with van der Waals surface area (Å²) in [6.45, 7) is 0.198. The zero-order chi connectivity index (χ0) is 15.6. The largest absolute Gasteiger partial charge is 0.481 e. The van der Waals surface area contributed by atoms with E-state index in [-0.39, 0.29) is 18.9 Å². The molecule has 1 unspecified atom stereocenters. The highest BCUT2D eigenvalue weighted by atomic mass is 16.5. The van der Waals surface area contributed by atoms with Gasteiger partial charge in [-0.05, 0) is 36.7 Å². The van der Waals surface area contributed by atoms with Crippen molar-refractivity contribution in [2.24, 2.45) is 11.8 Å². The van der Waals surface area contributed by atoms with Gasteiger partial charge in [-0.2, -0.15) is 0 Å². The number of ether oxygens (including phenoxy) is 1. The fourth-order valence-corrected chi connectivity index (χ4v) is 4.09. The average molecular weight is 303 g/mol. The summed E-state index contributed by atoms with van der Waals surface area (Å²) in [6, 6.07) is 9.45. The number of carbonyl (C=O) groups is 2. The molecular formula is C17H21NO4. The van der Waals surface area contributed by atoms with Crippen LogP contribution in [-0.2, 0) is 16.1 Å². The summed E-state index contributed by atoms with van der Waals surface area (Å²) >= 11 is 0. The Morgan fingerprint density at radius 3 is 2.73 bits per heavy atom. The third kappa shape index (κ3) is 2.93. The fraction of sp³-hybridized carbons (Fsp3) is 0.529. The van der Waals surface area contributed by atoms with Crippen LogP contribution < -0.4 is 5.32 Å². The zero-order valence-corrected chi connectivity index (χ0v) is 12.5. The number of rotatable bonds is 5. The monoisotopic (exact) mass is 303 g/mol. The van der Waals surface area contributed by atoms with Crippen LogP contribution in [0.4, 0.5) is 4.79 Å². The first-order valence-electron chi connectivity index (χ1n) is 7.80. The molecule has 0 aromatic heterocycles. The van der Waals surface area contributed by atoms with Crippen LogP contribution in [0.1, 0.15) is 37.7 Å². The molecule has 3 rings (SSSR count). The number of hydrogen-bond donors (Lipinski definition) is 2. The Hall–Kier alpha value is -2.04. The summed E-state index contributed by atoms with van der Waals surface area (Å²) in [7, 11) is 0. The zero-order valence-electron chi connectivity index (χ0n) is 12.5. The fourth-order valence-electron chi connectivity index (χ4n) is 4.09. The molecule has 118 valence electrons. The molecule has 0 spiro atoms. The standard InChI is InChI=1S/C17H21NO4/c19-15(20)10-17(9-13-7-4-8-14(13)17)18-16(21)22-11-12-5-2-1-3-6-12/h1-3,5-6,13-14H,4,7-11H2,(H,18,21)(H,19,20)/t13-,14-,17?/m0/s1. The van der Waals surface area contributed by atoms with Gasteiger partial charge in [0.15, 0.2) is 0 Å². The molecule has 5 nitrogen and oxygen atoms in total. The van der Waals surface area contributed by atoms with Crippen molar-refractivity contribution in [3.8, 4) is 0 Å². The lowest BCUT2D eigenvalue weighted by atomic mass is 9.59. The molecule has 1 aromatic rings. The van der Waals surface area contributed by atoms with Crippen molar-refractivity contribution in [1.29, 1.82) is 0 Å². The molecule has 2 aliphatic carbocycles. The smallest absolute Gasteiger partial charge is 0.407 e. The number of hydrogen-bond acceptors (Lipinski definition) is 3. The van der Waals surface area contributed by atoms with Crippen LogP contribution in [-0.4, -0.2) is 22.7 Å². The second kappa shape index (κ2) is 5.99. The molecular weight excluding hydrogens is 282 g/mol. The minimum absolute atomic E-state index is 0.0192. The second-order valence-electron chi connectivity index (χ2n) is 6.41. The van der Waals surface area contributed by atoms with E-state index in [0.717, 1.165) is 31.2 Å². The van der Waals surface area contributed by atoms with Gasteiger partial charge in [-0.25, -0.2) is 4.79 Å². The molecule has 3 atom stereocenters. The van der Waals surface area contributed by atoms with Gasteiger partial charge in [0, 0.05) is 0 Å². The van der Waals surface area contributed by atoms with Crippen molar-refractivity contribution in [3.63, 3.8) is 0 Å². The third-order valence-electron chi connectivity index (χ3n) is 5.03. The van der Waals surface area contributed by atoms with Gasteiger partial charge in [0.1, 0.15) is 6.61 Å². The first-order valence-corrected chi connectivity index (χ1v) is 7.80. The highest BCUT2D eigenvalue weighted by Gasteiger charge is 2.57. The van der Waals surface area contributed by atoms with Gasteiger partial charge in [0.2, 0.25) is 0 Å². The number of carbonyl (C=O) groups excluding carboxylic acids is 1. The maximum atomic E-state index is 12.1. The number of fused-ring (bicyclic) bond motifs is 1. The van der Waals surface area contributed by atoms with Gasteiger partial charge in [0.05, 0.1) is 12.0 Å². The molecule has 2 N–H and O–H groups in total. The number of alkyl carbamates (subject to hydrolysis) is 1. The molecule has 0 bridgehead atoms. The predicted octanol–water partition coefficient (Wildman–Crippen LogP) is 2.95. The summed E-state index contributed by atoms with van der Waals surface area (Å²) in [6.07, 6.45) is 3.48. The van der Waals surface area contributed by atoms with Gasteiger partial charge in [0.25, 0.3) is 0 Å².